The molecule has 0 aliphatic carbocycles. The van der Waals surface area contributed by atoms with Gasteiger partial charge in [-0.2, -0.15) is 13.2 Å². The van der Waals surface area contributed by atoms with Crippen LogP contribution in [0.2, 0.25) is 0 Å². The molecule has 1 N–H and O–H groups in total. The molecule has 18 heteroatoms. The minimum Gasteiger partial charge on any atom is -0.497 e. The number of amides is 3. The van der Waals surface area contributed by atoms with Crippen molar-refractivity contribution in [1.82, 2.24) is 24.8 Å². The Hall–Kier alpha value is -6.95. The molecule has 0 bridgehead atoms. The van der Waals surface area contributed by atoms with Gasteiger partial charge in [0.25, 0.3) is 5.91 Å². The molecule has 1 fully saturated rings. The number of fused-ring (bicyclic) bond motifs is 1. The Morgan fingerprint density at radius 1 is 0.825 bits per heavy atom. The van der Waals surface area contributed by atoms with Crippen molar-refractivity contribution >= 4 is 23.8 Å². The molecule has 2 aliphatic heterocycles. The number of benzene rings is 2. The number of pyridine rings is 2. The Morgan fingerprint density at radius 3 is 2.27 bits per heavy atom. The highest BCUT2D eigenvalue weighted by molar-refractivity contribution is 6.05. The van der Waals surface area contributed by atoms with Gasteiger partial charge in [-0.05, 0) is 80.8 Å². The Labute approximate surface area is 360 Å². The summed E-state index contributed by atoms with van der Waals surface area (Å²) < 4.78 is 77.0. The second kappa shape index (κ2) is 18.6. The van der Waals surface area contributed by atoms with Crippen LogP contribution in [0.25, 0.3) is 11.3 Å². The fraction of sp³-hybridized carbons (Fsp3) is 0.333. The zero-order valence-corrected chi connectivity index (χ0v) is 34.8. The quantitative estimate of drug-likeness (QED) is 0.0826. The monoisotopic (exact) mass is 871 g/mol. The highest BCUT2D eigenvalue weighted by Gasteiger charge is 2.39. The first-order valence-electron chi connectivity index (χ1n) is 19.9. The van der Waals surface area contributed by atoms with Crippen LogP contribution < -0.4 is 24.3 Å². The molecule has 2 aliphatic rings. The zero-order valence-electron chi connectivity index (χ0n) is 34.8. The van der Waals surface area contributed by atoms with Crippen molar-refractivity contribution < 1.29 is 60.8 Å². The lowest BCUT2D eigenvalue weighted by atomic mass is 10.0. The molecule has 330 valence electrons. The van der Waals surface area contributed by atoms with E-state index in [1.807, 2.05) is 0 Å². The fourth-order valence-electron chi connectivity index (χ4n) is 6.80. The second-order valence-electron chi connectivity index (χ2n) is 15.7. The van der Waals surface area contributed by atoms with Crippen LogP contribution in [-0.2, 0) is 51.6 Å². The summed E-state index contributed by atoms with van der Waals surface area (Å²) in [6.45, 7) is 5.79. The lowest BCUT2D eigenvalue weighted by molar-refractivity contribution is -0.138. The van der Waals surface area contributed by atoms with Crippen molar-refractivity contribution in [3.63, 3.8) is 0 Å². The summed E-state index contributed by atoms with van der Waals surface area (Å²) >= 11 is 0. The molecule has 2 aromatic carbocycles. The van der Waals surface area contributed by atoms with Crippen LogP contribution >= 0.6 is 0 Å². The van der Waals surface area contributed by atoms with Crippen LogP contribution in [0.3, 0.4) is 0 Å². The van der Waals surface area contributed by atoms with Crippen LogP contribution in [0.15, 0.2) is 85.3 Å². The maximum absolute atomic E-state index is 14.0. The topological polar surface area (TPSA) is 170 Å². The van der Waals surface area contributed by atoms with Crippen LogP contribution in [-0.4, -0.2) is 75.2 Å². The largest absolute Gasteiger partial charge is 0.497 e. The highest BCUT2D eigenvalue weighted by Crippen LogP contribution is 2.39. The number of carbonyl (C=O) groups excluding carboxylic acids is 4. The number of methoxy groups -OCH3 is 1. The van der Waals surface area contributed by atoms with Crippen molar-refractivity contribution in [3.05, 3.63) is 119 Å². The minimum absolute atomic E-state index is 0.0164. The normalized spacial score (nSPS) is 15.2. The molecule has 7 rings (SSSR count). The number of hydrogen-bond acceptors (Lipinski definition) is 12. The van der Waals surface area contributed by atoms with Crippen molar-refractivity contribution in [2.45, 2.75) is 77.8 Å². The van der Waals surface area contributed by atoms with Gasteiger partial charge in [0.2, 0.25) is 17.7 Å². The van der Waals surface area contributed by atoms with E-state index < -0.39 is 35.4 Å². The van der Waals surface area contributed by atoms with Crippen LogP contribution in [0.1, 0.15) is 71.9 Å². The Balaban J connectivity index is 0.955. The average molecular weight is 872 g/mol. The predicted molar refractivity (Wildman–Crippen MR) is 218 cm³/mol. The standard InChI is InChI=1S/C45H44F3N5O10/c1-44(2,3)63-43(57)53-23-30(45(46,47)48)18-37(53)35-21-50-40(19-38(35)61-24-27-6-9-32(58-4)10-7-27)62-25-28-5-8-31(49-20-28)26-59-15-16-60-33-11-12-34-29(17-33)22-52(42(34)56)36-13-14-39(54)51-41(36)55/h5-12,17-21,23,36H,13-16,22,24-26H2,1-4H3,(H,51,54,55). The fourth-order valence-corrected chi connectivity index (χ4v) is 6.80. The Bertz CT molecular complexity index is 2480. The molecule has 1 unspecified atom stereocenters. The molecule has 0 spiro atoms. The van der Waals surface area contributed by atoms with Gasteiger partial charge in [0.05, 0.1) is 42.8 Å². The number of halogens is 3. The smallest absolute Gasteiger partial charge is 0.419 e. The molecule has 1 atom stereocenters. The van der Waals surface area contributed by atoms with Crippen molar-refractivity contribution in [1.29, 1.82) is 0 Å². The van der Waals surface area contributed by atoms with E-state index in [1.165, 1.54) is 24.3 Å². The molecular formula is C45H44F3N5O10. The van der Waals surface area contributed by atoms with Gasteiger partial charge in [-0.3, -0.25) is 29.3 Å². The Kier molecular flexibility index (Phi) is 13.0. The number of imide groups is 1. The molecule has 0 radical (unpaired) electrons. The molecular weight excluding hydrogens is 828 g/mol. The molecule has 63 heavy (non-hydrogen) atoms. The third-order valence-electron chi connectivity index (χ3n) is 9.92. The third kappa shape index (κ3) is 10.9. The van der Waals surface area contributed by atoms with Gasteiger partial charge in [-0.1, -0.05) is 18.2 Å². The van der Waals surface area contributed by atoms with Crippen molar-refractivity contribution in [2.24, 2.45) is 0 Å². The maximum atomic E-state index is 14.0. The number of hydrogen-bond donors (Lipinski definition) is 1. The number of piperidine rings is 1. The summed E-state index contributed by atoms with van der Waals surface area (Å²) in [6.07, 6.45) is -1.74. The summed E-state index contributed by atoms with van der Waals surface area (Å²) in [4.78, 5) is 60.3. The molecule has 3 aromatic heterocycles. The van der Waals surface area contributed by atoms with Crippen molar-refractivity contribution in [2.75, 3.05) is 20.3 Å². The van der Waals surface area contributed by atoms with E-state index in [4.69, 9.17) is 28.4 Å². The molecule has 1 saturated heterocycles. The lowest BCUT2D eigenvalue weighted by Crippen LogP contribution is -2.52. The van der Waals surface area contributed by atoms with Crippen molar-refractivity contribution in [3.8, 4) is 34.4 Å². The number of ether oxygens (including phenoxy) is 6. The van der Waals surface area contributed by atoms with Crippen LogP contribution in [0.4, 0.5) is 18.0 Å². The van der Waals surface area contributed by atoms with Crippen LogP contribution in [0, 0.1) is 0 Å². The molecule has 3 amide bonds. The molecule has 5 aromatic rings. The summed E-state index contributed by atoms with van der Waals surface area (Å²) in [6, 6.07) is 17.3. The first-order chi connectivity index (χ1) is 30.0. The van der Waals surface area contributed by atoms with Gasteiger partial charge in [0.15, 0.2) is 0 Å². The van der Waals surface area contributed by atoms with E-state index in [9.17, 15) is 32.3 Å². The maximum Gasteiger partial charge on any atom is 0.419 e. The number of aromatic nitrogens is 3. The van der Waals surface area contributed by atoms with Gasteiger partial charge in [0, 0.05) is 48.7 Å². The third-order valence-corrected chi connectivity index (χ3v) is 9.92. The van der Waals surface area contributed by atoms with E-state index in [-0.39, 0.29) is 87.1 Å². The van der Waals surface area contributed by atoms with Gasteiger partial charge in [-0.25, -0.2) is 9.78 Å². The minimum atomic E-state index is -4.76. The number of nitrogens with zero attached hydrogens (tertiary/aromatic N) is 4. The number of carbonyl (C=O) groups is 4. The van der Waals surface area contributed by atoms with Gasteiger partial charge < -0.3 is 33.3 Å². The molecule has 15 nitrogen and oxygen atoms in total. The summed E-state index contributed by atoms with van der Waals surface area (Å²) in [5, 5.41) is 2.30. The second-order valence-corrected chi connectivity index (χ2v) is 15.7. The summed E-state index contributed by atoms with van der Waals surface area (Å²) in [5.74, 6) is 0.307. The average Bonchev–Trinajstić information content (AvgIpc) is 3.84. The number of alkyl halides is 3. The SMILES string of the molecule is COc1ccc(COc2cc(OCc3ccc(COCCOc4ccc5c(c4)CN(C4CCC(=O)NC4=O)C5=O)nc3)ncc2-c2cc(C(F)(F)F)cn2C(=O)OC(C)(C)C)cc1. The van der Waals surface area contributed by atoms with E-state index in [2.05, 4.69) is 15.3 Å². The number of nitrogens with one attached hydrogen (secondary N) is 1. The first kappa shape index (κ1) is 44.1. The first-order valence-corrected chi connectivity index (χ1v) is 19.9. The Morgan fingerprint density at radius 2 is 1.57 bits per heavy atom. The van der Waals surface area contributed by atoms with E-state index in [1.54, 1.807) is 81.6 Å². The lowest BCUT2D eigenvalue weighted by Gasteiger charge is -2.29. The molecule has 5 heterocycles. The van der Waals surface area contributed by atoms with E-state index >= 15 is 0 Å². The molecule has 0 saturated carbocycles. The van der Waals surface area contributed by atoms with Gasteiger partial charge in [-0.15, -0.1) is 0 Å². The summed E-state index contributed by atoms with van der Waals surface area (Å²) in [7, 11) is 1.54. The van der Waals surface area contributed by atoms with Gasteiger partial charge in [0.1, 0.15) is 48.7 Å². The van der Waals surface area contributed by atoms with Crippen LogP contribution in [0.5, 0.6) is 23.1 Å². The van der Waals surface area contributed by atoms with E-state index in [0.717, 1.165) is 21.8 Å². The number of rotatable bonds is 15. The highest BCUT2D eigenvalue weighted by atomic mass is 19.4. The van der Waals surface area contributed by atoms with E-state index in [0.29, 0.717) is 34.5 Å². The summed E-state index contributed by atoms with van der Waals surface area (Å²) in [5.41, 5.74) is 1.20. The predicted octanol–water partition coefficient (Wildman–Crippen LogP) is 7.27. The zero-order chi connectivity index (χ0) is 44.9. The van der Waals surface area contributed by atoms with Gasteiger partial charge >= 0.3 is 12.3 Å².